The highest BCUT2D eigenvalue weighted by atomic mass is 28.3. The van der Waals surface area contributed by atoms with Crippen LogP contribution >= 0.6 is 0 Å². The molecule has 1 saturated heterocycles. The molecule has 1 aromatic carbocycles. The first-order valence-corrected chi connectivity index (χ1v) is 7.03. The molecule has 0 spiro atoms. The van der Waals surface area contributed by atoms with Gasteiger partial charge in [0.25, 0.3) is 0 Å². The Morgan fingerprint density at radius 1 is 1.29 bits per heavy atom. The first-order chi connectivity index (χ1) is 6.92. The molecule has 76 valence electrons. The zero-order valence-electron chi connectivity index (χ0n) is 8.53. The van der Waals surface area contributed by atoms with Gasteiger partial charge in [0.2, 0.25) is 9.04 Å². The summed E-state index contributed by atoms with van der Waals surface area (Å²) in [7, 11) is 0.566. The van der Waals surface area contributed by atoms with Crippen molar-refractivity contribution in [2.24, 2.45) is 0 Å². The van der Waals surface area contributed by atoms with Crippen LogP contribution in [-0.4, -0.2) is 22.8 Å². The van der Waals surface area contributed by atoms with Crippen molar-refractivity contribution in [3.8, 4) is 5.75 Å². The van der Waals surface area contributed by atoms with Crippen molar-refractivity contribution in [2.45, 2.75) is 18.9 Å². The average molecular weight is 208 g/mol. The summed E-state index contributed by atoms with van der Waals surface area (Å²) in [5.74, 6) is 1.01. The normalized spacial score (nSPS) is 21.9. The summed E-state index contributed by atoms with van der Waals surface area (Å²) in [4.78, 5) is 0. The molecule has 0 radical (unpaired) electrons. The number of hydrogen-bond donors (Lipinski definition) is 0. The van der Waals surface area contributed by atoms with Crippen LogP contribution in [0.4, 0.5) is 0 Å². The molecule has 1 aliphatic rings. The van der Waals surface area contributed by atoms with E-state index in [-0.39, 0.29) is 0 Å². The number of benzene rings is 1. The van der Waals surface area contributed by atoms with Gasteiger partial charge in [-0.2, -0.15) is 0 Å². The lowest BCUT2D eigenvalue weighted by Crippen LogP contribution is -2.37. The Labute approximate surface area is 86.6 Å². The van der Waals surface area contributed by atoms with Gasteiger partial charge in [0, 0.05) is 11.8 Å². The molecule has 0 aromatic heterocycles. The minimum atomic E-state index is -1.17. The van der Waals surface area contributed by atoms with Crippen LogP contribution < -0.4 is 9.92 Å². The topological polar surface area (TPSA) is 18.5 Å². The lowest BCUT2D eigenvalue weighted by atomic mass is 10.3. The van der Waals surface area contributed by atoms with Gasteiger partial charge in [-0.3, -0.25) is 0 Å². The average Bonchev–Trinajstić information content (AvgIpc) is 2.30. The van der Waals surface area contributed by atoms with E-state index in [4.69, 9.17) is 9.16 Å². The van der Waals surface area contributed by atoms with Crippen molar-refractivity contribution in [3.63, 3.8) is 0 Å². The molecular formula is C11H16O2Si. The fraction of sp³-hybridized carbons (Fsp3) is 0.455. The van der Waals surface area contributed by atoms with E-state index in [1.54, 1.807) is 7.11 Å². The summed E-state index contributed by atoms with van der Waals surface area (Å²) in [6, 6.07) is 9.52. The van der Waals surface area contributed by atoms with E-state index < -0.39 is 9.04 Å². The Bertz CT molecular complexity index is 295. The van der Waals surface area contributed by atoms with Gasteiger partial charge in [-0.1, -0.05) is 24.6 Å². The standard InChI is InChI=1S/C11H16O2Si/c1-12-10-6-2-3-7-11(10)14-9-5-4-8-13-14/h2-3,6-7,14H,4-5,8-9H2,1H3. The Morgan fingerprint density at radius 2 is 2.14 bits per heavy atom. The van der Waals surface area contributed by atoms with E-state index in [9.17, 15) is 0 Å². The van der Waals surface area contributed by atoms with E-state index in [1.165, 1.54) is 24.1 Å². The second-order valence-electron chi connectivity index (χ2n) is 3.60. The summed E-state index contributed by atoms with van der Waals surface area (Å²) in [5, 5.41) is 1.33. The molecule has 14 heavy (non-hydrogen) atoms. The molecule has 1 aliphatic heterocycles. The number of methoxy groups -OCH3 is 1. The van der Waals surface area contributed by atoms with Crippen molar-refractivity contribution in [1.29, 1.82) is 0 Å². The van der Waals surface area contributed by atoms with E-state index in [0.29, 0.717) is 0 Å². The largest absolute Gasteiger partial charge is 0.497 e. The van der Waals surface area contributed by atoms with Gasteiger partial charge >= 0.3 is 0 Å². The SMILES string of the molecule is COc1ccccc1[SiH]1CCCCO1. The number of rotatable bonds is 2. The number of ether oxygens (including phenoxy) is 1. The zero-order valence-corrected chi connectivity index (χ0v) is 9.69. The van der Waals surface area contributed by atoms with Gasteiger partial charge in [0.15, 0.2) is 0 Å². The van der Waals surface area contributed by atoms with Crippen molar-refractivity contribution in [3.05, 3.63) is 24.3 Å². The lowest BCUT2D eigenvalue weighted by Gasteiger charge is -2.22. The highest BCUT2D eigenvalue weighted by Crippen LogP contribution is 2.15. The number of hydrogen-bond acceptors (Lipinski definition) is 2. The molecular weight excluding hydrogens is 192 g/mol. The van der Waals surface area contributed by atoms with Crippen molar-refractivity contribution in [1.82, 2.24) is 0 Å². The van der Waals surface area contributed by atoms with Gasteiger partial charge in [0.05, 0.1) is 7.11 Å². The molecule has 0 amide bonds. The predicted molar refractivity (Wildman–Crippen MR) is 59.8 cm³/mol. The minimum Gasteiger partial charge on any atom is -0.497 e. The molecule has 1 atom stereocenters. The van der Waals surface area contributed by atoms with Crippen LogP contribution in [-0.2, 0) is 4.43 Å². The minimum absolute atomic E-state index is 0.939. The van der Waals surface area contributed by atoms with Crippen LogP contribution in [0.25, 0.3) is 0 Å². The van der Waals surface area contributed by atoms with Crippen molar-refractivity contribution >= 4 is 14.2 Å². The third-order valence-electron chi connectivity index (χ3n) is 2.67. The zero-order chi connectivity index (χ0) is 9.80. The van der Waals surface area contributed by atoms with Crippen LogP contribution in [0.2, 0.25) is 6.04 Å². The fourth-order valence-corrected chi connectivity index (χ4v) is 4.54. The third kappa shape index (κ3) is 1.99. The first kappa shape index (κ1) is 9.74. The maximum atomic E-state index is 5.87. The summed E-state index contributed by atoms with van der Waals surface area (Å²) in [5.41, 5.74) is 0. The maximum Gasteiger partial charge on any atom is 0.211 e. The Hall–Kier alpha value is -0.803. The third-order valence-corrected chi connectivity index (χ3v) is 5.41. The summed E-state index contributed by atoms with van der Waals surface area (Å²) in [6.45, 7) is 0.939. The van der Waals surface area contributed by atoms with Gasteiger partial charge in [-0.15, -0.1) is 0 Å². The molecule has 1 unspecified atom stereocenters. The van der Waals surface area contributed by atoms with Crippen LogP contribution in [0, 0.1) is 0 Å². The van der Waals surface area contributed by atoms with Crippen LogP contribution in [0.15, 0.2) is 24.3 Å². The molecule has 0 bridgehead atoms. The first-order valence-electron chi connectivity index (χ1n) is 5.16. The Kier molecular flexibility index (Phi) is 3.21. The van der Waals surface area contributed by atoms with Gasteiger partial charge in [-0.05, 0) is 18.5 Å². The molecule has 1 aromatic rings. The molecule has 1 fully saturated rings. The fourth-order valence-electron chi connectivity index (χ4n) is 1.92. The predicted octanol–water partition coefficient (Wildman–Crippen LogP) is 1.44. The van der Waals surface area contributed by atoms with Crippen LogP contribution in [0.3, 0.4) is 0 Å². The monoisotopic (exact) mass is 208 g/mol. The Morgan fingerprint density at radius 3 is 2.86 bits per heavy atom. The van der Waals surface area contributed by atoms with Gasteiger partial charge in [0.1, 0.15) is 5.75 Å². The molecule has 3 heteroatoms. The van der Waals surface area contributed by atoms with E-state index >= 15 is 0 Å². The lowest BCUT2D eigenvalue weighted by molar-refractivity contribution is 0.293. The van der Waals surface area contributed by atoms with Gasteiger partial charge in [-0.25, -0.2) is 0 Å². The molecule has 2 rings (SSSR count). The highest BCUT2D eigenvalue weighted by molar-refractivity contribution is 6.68. The van der Waals surface area contributed by atoms with Crippen LogP contribution in [0.1, 0.15) is 12.8 Å². The van der Waals surface area contributed by atoms with Crippen LogP contribution in [0.5, 0.6) is 5.75 Å². The quantitative estimate of drug-likeness (QED) is 0.685. The Balaban J connectivity index is 2.20. The summed E-state index contributed by atoms with van der Waals surface area (Å²) >= 11 is 0. The smallest absolute Gasteiger partial charge is 0.211 e. The second-order valence-corrected chi connectivity index (χ2v) is 6.11. The van der Waals surface area contributed by atoms with Gasteiger partial charge < -0.3 is 9.16 Å². The molecule has 0 N–H and O–H groups in total. The summed E-state index contributed by atoms with van der Waals surface area (Å²) in [6.07, 6.45) is 2.54. The van der Waals surface area contributed by atoms with E-state index in [2.05, 4.69) is 12.1 Å². The molecule has 2 nitrogen and oxygen atoms in total. The van der Waals surface area contributed by atoms with Crippen molar-refractivity contribution in [2.75, 3.05) is 13.7 Å². The molecule has 1 heterocycles. The van der Waals surface area contributed by atoms with E-state index in [0.717, 1.165) is 12.4 Å². The summed E-state index contributed by atoms with van der Waals surface area (Å²) < 4.78 is 11.2. The highest BCUT2D eigenvalue weighted by Gasteiger charge is 2.21. The second kappa shape index (κ2) is 4.62. The van der Waals surface area contributed by atoms with E-state index in [1.807, 2.05) is 12.1 Å². The maximum absolute atomic E-state index is 5.87. The number of para-hydroxylation sites is 1. The molecule has 0 aliphatic carbocycles. The van der Waals surface area contributed by atoms with Crippen molar-refractivity contribution < 1.29 is 9.16 Å². The molecule has 0 saturated carbocycles.